The zero-order valence-corrected chi connectivity index (χ0v) is 10.8. The summed E-state index contributed by atoms with van der Waals surface area (Å²) in [6, 6.07) is 3.79. The van der Waals surface area contributed by atoms with Crippen molar-refractivity contribution in [1.29, 1.82) is 0 Å². The van der Waals surface area contributed by atoms with Gasteiger partial charge < -0.3 is 10.6 Å². The van der Waals surface area contributed by atoms with Crippen LogP contribution in [0.25, 0.3) is 0 Å². The first-order valence-electron chi connectivity index (χ1n) is 5.04. The van der Waals surface area contributed by atoms with E-state index in [9.17, 15) is 14.0 Å². The van der Waals surface area contributed by atoms with Gasteiger partial charge in [-0.3, -0.25) is 9.59 Å². The Labute approximate surface area is 107 Å². The lowest BCUT2D eigenvalue weighted by Crippen LogP contribution is -2.36. The van der Waals surface area contributed by atoms with Crippen LogP contribution in [0.5, 0.6) is 0 Å². The summed E-state index contributed by atoms with van der Waals surface area (Å²) in [6.45, 7) is 2.15. The van der Waals surface area contributed by atoms with Gasteiger partial charge in [-0.2, -0.15) is 0 Å². The molecule has 0 fully saturated rings. The van der Waals surface area contributed by atoms with E-state index in [2.05, 4.69) is 26.6 Å². The molecule has 6 heteroatoms. The van der Waals surface area contributed by atoms with Crippen molar-refractivity contribution in [2.75, 3.05) is 13.1 Å². The van der Waals surface area contributed by atoms with Gasteiger partial charge in [0.2, 0.25) is 5.91 Å². The monoisotopic (exact) mass is 302 g/mol. The van der Waals surface area contributed by atoms with Crippen LogP contribution in [0, 0.1) is 5.82 Å². The number of carbonyl (C=O) groups excluding carboxylic acids is 2. The van der Waals surface area contributed by atoms with Crippen LogP contribution in [-0.4, -0.2) is 24.9 Å². The van der Waals surface area contributed by atoms with Crippen LogP contribution in [0.1, 0.15) is 17.3 Å². The molecule has 0 atom stereocenters. The fraction of sp³-hybridized carbons (Fsp3) is 0.273. The van der Waals surface area contributed by atoms with Gasteiger partial charge in [-0.1, -0.05) is 0 Å². The summed E-state index contributed by atoms with van der Waals surface area (Å²) >= 11 is 3.14. The van der Waals surface area contributed by atoms with Gasteiger partial charge in [-0.25, -0.2) is 4.39 Å². The Hall–Kier alpha value is -1.43. The van der Waals surface area contributed by atoms with Crippen LogP contribution in [0.2, 0.25) is 0 Å². The summed E-state index contributed by atoms with van der Waals surface area (Å²) < 4.78 is 13.4. The summed E-state index contributed by atoms with van der Waals surface area (Å²) in [5, 5.41) is 4.94. The molecule has 1 aromatic carbocycles. The van der Waals surface area contributed by atoms with Crippen molar-refractivity contribution >= 4 is 27.7 Å². The van der Waals surface area contributed by atoms with Gasteiger partial charge in [0.05, 0.1) is 12.1 Å². The van der Waals surface area contributed by atoms with Crippen molar-refractivity contribution in [3.63, 3.8) is 0 Å². The quantitative estimate of drug-likeness (QED) is 0.884. The molecular weight excluding hydrogens is 291 g/mol. The molecule has 0 spiro atoms. The summed E-state index contributed by atoms with van der Waals surface area (Å²) in [6.07, 6.45) is 0. The molecule has 0 heterocycles. The predicted octanol–water partition coefficient (Wildman–Crippen LogP) is 1.45. The number of benzene rings is 1. The lowest BCUT2D eigenvalue weighted by molar-refractivity contribution is -0.120. The number of rotatable bonds is 4. The lowest BCUT2D eigenvalue weighted by atomic mass is 10.2. The molecule has 0 bridgehead atoms. The van der Waals surface area contributed by atoms with Crippen LogP contribution in [0.4, 0.5) is 4.39 Å². The van der Waals surface area contributed by atoms with Gasteiger partial charge in [0.15, 0.2) is 0 Å². The molecule has 0 unspecified atom stereocenters. The van der Waals surface area contributed by atoms with Crippen LogP contribution in [0.15, 0.2) is 22.7 Å². The van der Waals surface area contributed by atoms with Gasteiger partial charge in [0.25, 0.3) is 5.91 Å². The van der Waals surface area contributed by atoms with Gasteiger partial charge in [-0.05, 0) is 41.1 Å². The first-order chi connectivity index (χ1) is 8.04. The molecule has 0 aliphatic rings. The lowest BCUT2D eigenvalue weighted by Gasteiger charge is -2.06. The number of carbonyl (C=O) groups is 2. The molecule has 4 nitrogen and oxygen atoms in total. The number of nitrogens with one attached hydrogen (secondary N) is 2. The highest BCUT2D eigenvalue weighted by Crippen LogP contribution is 2.17. The largest absolute Gasteiger partial charge is 0.355 e. The third-order valence-corrected chi connectivity index (χ3v) is 2.65. The SMILES string of the molecule is CCNC(=O)CNC(=O)c1cc(F)ccc1Br. The third-order valence-electron chi connectivity index (χ3n) is 1.96. The molecule has 2 N–H and O–H groups in total. The van der Waals surface area contributed by atoms with E-state index >= 15 is 0 Å². The van der Waals surface area contributed by atoms with E-state index in [1.165, 1.54) is 12.1 Å². The zero-order valence-electron chi connectivity index (χ0n) is 9.22. The number of halogens is 2. The fourth-order valence-electron chi connectivity index (χ4n) is 1.19. The average Bonchev–Trinajstić information content (AvgIpc) is 2.29. The molecule has 0 saturated heterocycles. The maximum atomic E-state index is 12.9. The first-order valence-corrected chi connectivity index (χ1v) is 5.84. The predicted molar refractivity (Wildman–Crippen MR) is 65.1 cm³/mol. The Morgan fingerprint density at radius 1 is 1.35 bits per heavy atom. The molecule has 0 radical (unpaired) electrons. The highest BCUT2D eigenvalue weighted by molar-refractivity contribution is 9.10. The van der Waals surface area contributed by atoms with E-state index in [-0.39, 0.29) is 18.0 Å². The summed E-state index contributed by atoms with van der Waals surface area (Å²) in [5.41, 5.74) is 0.161. The second-order valence-electron chi connectivity index (χ2n) is 3.26. The maximum Gasteiger partial charge on any atom is 0.252 e. The highest BCUT2D eigenvalue weighted by Gasteiger charge is 2.11. The first kappa shape index (κ1) is 13.6. The molecule has 1 aromatic rings. The molecule has 0 saturated carbocycles. The molecule has 0 aliphatic carbocycles. The van der Waals surface area contributed by atoms with Crippen molar-refractivity contribution in [2.45, 2.75) is 6.92 Å². The van der Waals surface area contributed by atoms with Crippen molar-refractivity contribution in [2.24, 2.45) is 0 Å². The second-order valence-corrected chi connectivity index (χ2v) is 4.11. The Bertz CT molecular complexity index is 437. The number of amides is 2. The highest BCUT2D eigenvalue weighted by atomic mass is 79.9. The van der Waals surface area contributed by atoms with Crippen LogP contribution < -0.4 is 10.6 Å². The van der Waals surface area contributed by atoms with E-state index in [1.807, 2.05) is 0 Å². The molecular formula is C11H12BrFN2O2. The molecule has 17 heavy (non-hydrogen) atoms. The van der Waals surface area contributed by atoms with E-state index in [4.69, 9.17) is 0 Å². The van der Waals surface area contributed by atoms with Crippen molar-refractivity contribution in [3.05, 3.63) is 34.1 Å². The van der Waals surface area contributed by atoms with Crippen molar-refractivity contribution in [1.82, 2.24) is 10.6 Å². The number of hydrogen-bond acceptors (Lipinski definition) is 2. The van der Waals surface area contributed by atoms with E-state index < -0.39 is 11.7 Å². The standard InChI is InChI=1S/C11H12BrFN2O2/c1-2-14-10(16)6-15-11(17)8-5-7(13)3-4-9(8)12/h3-5H,2,6H2,1H3,(H,14,16)(H,15,17). The van der Waals surface area contributed by atoms with Gasteiger partial charge in [0.1, 0.15) is 5.82 Å². The van der Waals surface area contributed by atoms with Crippen LogP contribution in [0.3, 0.4) is 0 Å². The molecule has 1 rings (SSSR count). The third kappa shape index (κ3) is 4.14. The van der Waals surface area contributed by atoms with E-state index in [1.54, 1.807) is 6.92 Å². The topological polar surface area (TPSA) is 58.2 Å². The van der Waals surface area contributed by atoms with Gasteiger partial charge >= 0.3 is 0 Å². The minimum Gasteiger partial charge on any atom is -0.355 e. The van der Waals surface area contributed by atoms with Crippen molar-refractivity contribution < 1.29 is 14.0 Å². The molecule has 0 aromatic heterocycles. The number of likely N-dealkylation sites (N-methyl/N-ethyl adjacent to an activating group) is 1. The normalized spacial score (nSPS) is 9.82. The molecule has 0 aliphatic heterocycles. The van der Waals surface area contributed by atoms with E-state index in [0.29, 0.717) is 11.0 Å². The maximum absolute atomic E-state index is 12.9. The number of hydrogen-bond donors (Lipinski definition) is 2. The minimum absolute atomic E-state index is 0.129. The van der Waals surface area contributed by atoms with E-state index in [0.717, 1.165) is 6.07 Å². The summed E-state index contributed by atoms with van der Waals surface area (Å²) in [7, 11) is 0. The van der Waals surface area contributed by atoms with Crippen LogP contribution in [-0.2, 0) is 4.79 Å². The molecule has 2 amide bonds. The Morgan fingerprint density at radius 3 is 2.71 bits per heavy atom. The Kier molecular flexibility index (Phi) is 5.09. The minimum atomic E-state index is -0.503. The fourth-order valence-corrected chi connectivity index (χ4v) is 1.61. The van der Waals surface area contributed by atoms with Gasteiger partial charge in [0, 0.05) is 11.0 Å². The Morgan fingerprint density at radius 2 is 2.06 bits per heavy atom. The van der Waals surface area contributed by atoms with Gasteiger partial charge in [-0.15, -0.1) is 0 Å². The smallest absolute Gasteiger partial charge is 0.252 e. The van der Waals surface area contributed by atoms with Crippen LogP contribution >= 0.6 is 15.9 Å². The zero-order chi connectivity index (χ0) is 12.8. The second kappa shape index (κ2) is 6.34. The molecule has 92 valence electrons. The Balaban J connectivity index is 2.64. The van der Waals surface area contributed by atoms with Crippen molar-refractivity contribution in [3.8, 4) is 0 Å². The summed E-state index contributed by atoms with van der Waals surface area (Å²) in [4.78, 5) is 22.8. The average molecular weight is 303 g/mol. The summed E-state index contributed by atoms with van der Waals surface area (Å²) in [5.74, 6) is -1.28.